The Labute approximate surface area is 147 Å². The monoisotopic (exact) mass is 357 g/mol. The van der Waals surface area contributed by atoms with Gasteiger partial charge in [0.2, 0.25) is 5.91 Å². The van der Waals surface area contributed by atoms with Crippen LogP contribution in [-0.2, 0) is 16.9 Å². The number of halogens is 2. The highest BCUT2D eigenvalue weighted by atomic mass is 35.5. The topological polar surface area (TPSA) is 71.8 Å². The third-order valence-corrected chi connectivity index (χ3v) is 3.95. The van der Waals surface area contributed by atoms with Crippen LogP contribution in [0.3, 0.4) is 0 Å². The van der Waals surface area contributed by atoms with Crippen molar-refractivity contribution >= 4 is 30.7 Å². The fourth-order valence-corrected chi connectivity index (χ4v) is 2.76. The first-order chi connectivity index (χ1) is 10.3. The van der Waals surface area contributed by atoms with Crippen molar-refractivity contribution in [3.05, 3.63) is 48.5 Å². The average molecular weight is 358 g/mol. The lowest BCUT2D eigenvalue weighted by molar-refractivity contribution is -0.132. The van der Waals surface area contributed by atoms with Crippen molar-refractivity contribution in [2.24, 2.45) is 0 Å². The standard InChI is InChI=1S/C15H19N5O.2ClH/c21-14(18-12-13-4-1-2-7-17-13)15(5-9-16-10-6-15)20-11-3-8-19-20;;/h1-4,7-8,11,16H,5-6,9-10,12H2,(H,18,21);2*1H. The van der Waals surface area contributed by atoms with Gasteiger partial charge in [0.1, 0.15) is 5.54 Å². The number of rotatable bonds is 4. The number of carbonyl (C=O) groups is 1. The second-order valence-electron chi connectivity index (χ2n) is 5.24. The van der Waals surface area contributed by atoms with Crippen LogP contribution in [0.5, 0.6) is 0 Å². The molecule has 1 fully saturated rings. The molecule has 0 bridgehead atoms. The maximum absolute atomic E-state index is 12.8. The lowest BCUT2D eigenvalue weighted by Gasteiger charge is -2.36. The second kappa shape index (κ2) is 8.86. The Morgan fingerprint density at radius 2 is 2.00 bits per heavy atom. The number of hydrogen-bond acceptors (Lipinski definition) is 4. The summed E-state index contributed by atoms with van der Waals surface area (Å²) in [6, 6.07) is 7.55. The molecule has 126 valence electrons. The Kier molecular flexibility index (Phi) is 7.48. The zero-order valence-electron chi connectivity index (χ0n) is 12.6. The van der Waals surface area contributed by atoms with E-state index in [0.29, 0.717) is 6.54 Å². The molecule has 2 aromatic heterocycles. The number of nitrogens with one attached hydrogen (secondary N) is 2. The Morgan fingerprint density at radius 3 is 2.61 bits per heavy atom. The van der Waals surface area contributed by atoms with Crippen molar-refractivity contribution in [3.8, 4) is 0 Å². The summed E-state index contributed by atoms with van der Waals surface area (Å²) < 4.78 is 1.79. The minimum atomic E-state index is -0.594. The van der Waals surface area contributed by atoms with Crippen LogP contribution in [0.4, 0.5) is 0 Å². The normalized spacial score (nSPS) is 15.8. The van der Waals surface area contributed by atoms with Gasteiger partial charge in [-0.05, 0) is 44.1 Å². The van der Waals surface area contributed by atoms with Gasteiger partial charge in [0.25, 0.3) is 0 Å². The molecule has 0 unspecified atom stereocenters. The molecule has 0 aliphatic carbocycles. The van der Waals surface area contributed by atoms with Crippen molar-refractivity contribution in [3.63, 3.8) is 0 Å². The molecule has 8 heteroatoms. The Morgan fingerprint density at radius 1 is 1.22 bits per heavy atom. The molecule has 1 aliphatic heterocycles. The molecule has 0 atom stereocenters. The number of pyridine rings is 1. The van der Waals surface area contributed by atoms with Crippen LogP contribution in [-0.4, -0.2) is 33.8 Å². The number of aromatic nitrogens is 3. The third kappa shape index (κ3) is 4.22. The van der Waals surface area contributed by atoms with Gasteiger partial charge in [-0.15, -0.1) is 24.8 Å². The van der Waals surface area contributed by atoms with Crippen LogP contribution >= 0.6 is 24.8 Å². The van der Waals surface area contributed by atoms with Gasteiger partial charge in [-0.3, -0.25) is 14.5 Å². The van der Waals surface area contributed by atoms with E-state index in [9.17, 15) is 4.79 Å². The molecule has 0 radical (unpaired) electrons. The number of hydrogen-bond donors (Lipinski definition) is 2. The minimum Gasteiger partial charge on any atom is -0.348 e. The quantitative estimate of drug-likeness (QED) is 0.869. The summed E-state index contributed by atoms with van der Waals surface area (Å²) in [5.41, 5.74) is 0.263. The third-order valence-electron chi connectivity index (χ3n) is 3.95. The molecule has 3 rings (SSSR count). The first-order valence-electron chi connectivity index (χ1n) is 7.20. The molecule has 0 spiro atoms. The average Bonchev–Trinajstić information content (AvgIpc) is 3.09. The molecule has 1 amide bonds. The maximum Gasteiger partial charge on any atom is 0.248 e. The van der Waals surface area contributed by atoms with Gasteiger partial charge in [-0.25, -0.2) is 0 Å². The number of carbonyl (C=O) groups excluding carboxylic acids is 1. The highest BCUT2D eigenvalue weighted by Crippen LogP contribution is 2.27. The summed E-state index contributed by atoms with van der Waals surface area (Å²) in [4.78, 5) is 17.0. The molecule has 23 heavy (non-hydrogen) atoms. The molecular weight excluding hydrogens is 337 g/mol. The van der Waals surface area contributed by atoms with E-state index in [1.807, 2.05) is 30.5 Å². The molecule has 1 saturated heterocycles. The summed E-state index contributed by atoms with van der Waals surface area (Å²) in [7, 11) is 0. The van der Waals surface area contributed by atoms with Gasteiger partial charge >= 0.3 is 0 Å². The van der Waals surface area contributed by atoms with E-state index in [2.05, 4.69) is 20.7 Å². The van der Waals surface area contributed by atoms with Crippen LogP contribution in [0.2, 0.25) is 0 Å². The SMILES string of the molecule is Cl.Cl.O=C(NCc1ccccn1)C1(n2cccn2)CCNCC1. The number of piperidine rings is 1. The highest BCUT2D eigenvalue weighted by molar-refractivity contribution is 5.85. The van der Waals surface area contributed by atoms with E-state index in [4.69, 9.17) is 0 Å². The molecule has 1 aliphatic rings. The lowest BCUT2D eigenvalue weighted by Crippen LogP contribution is -2.54. The zero-order valence-corrected chi connectivity index (χ0v) is 14.3. The van der Waals surface area contributed by atoms with Crippen LogP contribution in [0.1, 0.15) is 18.5 Å². The van der Waals surface area contributed by atoms with Crippen LogP contribution < -0.4 is 10.6 Å². The van der Waals surface area contributed by atoms with Crippen molar-refractivity contribution in [1.29, 1.82) is 0 Å². The summed E-state index contributed by atoms with van der Waals surface area (Å²) in [5, 5.41) is 10.6. The smallest absolute Gasteiger partial charge is 0.248 e. The van der Waals surface area contributed by atoms with Gasteiger partial charge in [0.05, 0.1) is 12.2 Å². The molecule has 0 saturated carbocycles. The molecule has 2 N–H and O–H groups in total. The van der Waals surface area contributed by atoms with Crippen LogP contribution in [0.25, 0.3) is 0 Å². The maximum atomic E-state index is 12.8. The number of amides is 1. The number of nitrogens with zero attached hydrogens (tertiary/aromatic N) is 3. The summed E-state index contributed by atoms with van der Waals surface area (Å²) in [5.74, 6) is 0.0124. The molecule has 2 aromatic rings. The largest absolute Gasteiger partial charge is 0.348 e. The second-order valence-corrected chi connectivity index (χ2v) is 5.24. The molecular formula is C15H21Cl2N5O. The van der Waals surface area contributed by atoms with Gasteiger partial charge < -0.3 is 10.6 Å². The van der Waals surface area contributed by atoms with Crippen LogP contribution in [0.15, 0.2) is 42.9 Å². The van der Waals surface area contributed by atoms with Gasteiger partial charge in [-0.1, -0.05) is 6.07 Å². The predicted octanol–water partition coefficient (Wildman–Crippen LogP) is 1.52. The van der Waals surface area contributed by atoms with Crippen molar-refractivity contribution in [1.82, 2.24) is 25.4 Å². The van der Waals surface area contributed by atoms with Gasteiger partial charge in [0, 0.05) is 18.6 Å². The van der Waals surface area contributed by atoms with E-state index in [-0.39, 0.29) is 30.7 Å². The first-order valence-corrected chi connectivity index (χ1v) is 7.20. The summed E-state index contributed by atoms with van der Waals surface area (Å²) >= 11 is 0. The molecule has 6 nitrogen and oxygen atoms in total. The zero-order chi connectivity index (χ0) is 14.5. The van der Waals surface area contributed by atoms with E-state index in [0.717, 1.165) is 31.6 Å². The fourth-order valence-electron chi connectivity index (χ4n) is 2.76. The van der Waals surface area contributed by atoms with Crippen molar-refractivity contribution in [2.45, 2.75) is 24.9 Å². The molecule has 3 heterocycles. The Bertz CT molecular complexity index is 585. The van der Waals surface area contributed by atoms with E-state index in [1.165, 1.54) is 0 Å². The van der Waals surface area contributed by atoms with Gasteiger partial charge in [0.15, 0.2) is 0 Å². The summed E-state index contributed by atoms with van der Waals surface area (Å²) in [6.07, 6.45) is 6.79. The molecule has 0 aromatic carbocycles. The summed E-state index contributed by atoms with van der Waals surface area (Å²) in [6.45, 7) is 2.07. The van der Waals surface area contributed by atoms with Crippen molar-refractivity contribution < 1.29 is 4.79 Å². The first kappa shape index (κ1) is 19.4. The van der Waals surface area contributed by atoms with Gasteiger partial charge in [-0.2, -0.15) is 5.10 Å². The highest BCUT2D eigenvalue weighted by Gasteiger charge is 2.41. The van der Waals surface area contributed by atoms with E-state index < -0.39 is 5.54 Å². The Balaban J connectivity index is 0.00000132. The van der Waals surface area contributed by atoms with Crippen LogP contribution in [0, 0.1) is 0 Å². The Hall–Kier alpha value is -1.63. The minimum absolute atomic E-state index is 0. The van der Waals surface area contributed by atoms with Crippen molar-refractivity contribution in [2.75, 3.05) is 13.1 Å². The van der Waals surface area contributed by atoms with E-state index in [1.54, 1.807) is 17.1 Å². The lowest BCUT2D eigenvalue weighted by atomic mass is 9.87. The predicted molar refractivity (Wildman–Crippen MR) is 92.9 cm³/mol. The van der Waals surface area contributed by atoms with E-state index >= 15 is 0 Å². The fraction of sp³-hybridized carbons (Fsp3) is 0.400.